The fourth-order valence-corrected chi connectivity index (χ4v) is 3.00. The topological polar surface area (TPSA) is 127 Å². The van der Waals surface area contributed by atoms with Crippen molar-refractivity contribution in [1.82, 2.24) is 5.43 Å². The molecule has 2 amide bonds. The number of aryl methyl sites for hydroxylation is 1. The number of furan rings is 1. The van der Waals surface area contributed by atoms with Crippen molar-refractivity contribution in [2.75, 3.05) is 5.32 Å². The van der Waals surface area contributed by atoms with Gasteiger partial charge in [-0.1, -0.05) is 12.1 Å². The minimum absolute atomic E-state index is 0.0527. The fourth-order valence-electron chi connectivity index (χ4n) is 2.69. The Morgan fingerprint density at radius 1 is 1.03 bits per heavy atom. The van der Waals surface area contributed by atoms with Crippen LogP contribution in [0.15, 0.2) is 68.8 Å². The highest BCUT2D eigenvalue weighted by molar-refractivity contribution is 9.10. The molecule has 0 bridgehead atoms. The van der Waals surface area contributed by atoms with Gasteiger partial charge in [-0.25, -0.2) is 5.43 Å². The van der Waals surface area contributed by atoms with Gasteiger partial charge in [-0.05, 0) is 71.7 Å². The fraction of sp³-hybridized carbons (Fsp3) is 0.0952. The summed E-state index contributed by atoms with van der Waals surface area (Å²) in [5.41, 5.74) is 4.88. The van der Waals surface area contributed by atoms with Crippen molar-refractivity contribution in [1.29, 1.82) is 0 Å². The van der Waals surface area contributed by atoms with Crippen LogP contribution in [0, 0.1) is 17.0 Å². The molecule has 1 heterocycles. The van der Waals surface area contributed by atoms with Gasteiger partial charge in [-0.2, -0.15) is 5.10 Å². The summed E-state index contributed by atoms with van der Waals surface area (Å²) < 4.78 is 5.67. The number of hydrogen-bond donors (Lipinski definition) is 2. The van der Waals surface area contributed by atoms with Crippen LogP contribution in [0.25, 0.3) is 0 Å². The van der Waals surface area contributed by atoms with Gasteiger partial charge in [0.1, 0.15) is 0 Å². The van der Waals surface area contributed by atoms with Gasteiger partial charge >= 0.3 is 0 Å². The number of carbonyl (C=O) groups excluding carboxylic acids is 2. The first-order valence-electron chi connectivity index (χ1n) is 9.01. The zero-order valence-electron chi connectivity index (χ0n) is 16.5. The van der Waals surface area contributed by atoms with E-state index >= 15 is 0 Å². The Bertz CT molecular complexity index is 1180. The predicted molar refractivity (Wildman–Crippen MR) is 118 cm³/mol. The maximum Gasteiger partial charge on any atom is 0.291 e. The summed E-state index contributed by atoms with van der Waals surface area (Å²) in [6.45, 7) is 3.28. The summed E-state index contributed by atoms with van der Waals surface area (Å²) in [4.78, 5) is 34.8. The molecule has 0 saturated heterocycles. The number of amides is 2. The highest BCUT2D eigenvalue weighted by Crippen LogP contribution is 2.19. The molecular formula is C21H17BrN4O5. The number of hydrazone groups is 1. The summed E-state index contributed by atoms with van der Waals surface area (Å²) in [5.74, 6) is -0.682. The van der Waals surface area contributed by atoms with Crippen LogP contribution in [-0.2, 0) is 0 Å². The first-order chi connectivity index (χ1) is 14.7. The number of carbonyl (C=O) groups is 2. The van der Waals surface area contributed by atoms with Crippen LogP contribution in [-0.4, -0.2) is 22.4 Å². The first kappa shape index (κ1) is 21.9. The molecule has 0 saturated carbocycles. The summed E-state index contributed by atoms with van der Waals surface area (Å²) >= 11 is 3.15. The zero-order chi connectivity index (χ0) is 22.5. The number of nitro groups is 1. The first-order valence-corrected chi connectivity index (χ1v) is 9.80. The summed E-state index contributed by atoms with van der Waals surface area (Å²) in [7, 11) is 0. The molecule has 31 heavy (non-hydrogen) atoms. The lowest BCUT2D eigenvalue weighted by Gasteiger charge is -2.06. The lowest BCUT2D eigenvalue weighted by molar-refractivity contribution is -0.385. The van der Waals surface area contributed by atoms with E-state index in [-0.39, 0.29) is 22.9 Å². The van der Waals surface area contributed by atoms with Gasteiger partial charge in [0.05, 0.1) is 10.6 Å². The van der Waals surface area contributed by atoms with Crippen molar-refractivity contribution in [2.45, 2.75) is 13.8 Å². The Hall–Kier alpha value is -3.79. The number of halogens is 1. The monoisotopic (exact) mass is 484 g/mol. The maximum absolute atomic E-state index is 12.3. The number of rotatable bonds is 6. The molecule has 0 aliphatic heterocycles. The Labute approximate surface area is 185 Å². The van der Waals surface area contributed by atoms with Crippen molar-refractivity contribution in [2.24, 2.45) is 5.10 Å². The third kappa shape index (κ3) is 5.43. The van der Waals surface area contributed by atoms with E-state index in [4.69, 9.17) is 4.42 Å². The van der Waals surface area contributed by atoms with Gasteiger partial charge in [0, 0.05) is 22.9 Å². The third-order valence-corrected chi connectivity index (χ3v) is 4.76. The molecule has 158 valence electrons. The minimum atomic E-state index is -0.501. The van der Waals surface area contributed by atoms with Gasteiger partial charge in [0.25, 0.3) is 17.5 Å². The van der Waals surface area contributed by atoms with Gasteiger partial charge in [-0.3, -0.25) is 19.7 Å². The molecule has 0 fully saturated rings. The summed E-state index contributed by atoms with van der Waals surface area (Å²) in [6.07, 6.45) is 0. The largest absolute Gasteiger partial charge is 0.444 e. The van der Waals surface area contributed by atoms with Crippen molar-refractivity contribution in [3.63, 3.8) is 0 Å². The zero-order valence-corrected chi connectivity index (χ0v) is 18.1. The smallest absolute Gasteiger partial charge is 0.291 e. The molecule has 0 unspecified atom stereocenters. The third-order valence-electron chi connectivity index (χ3n) is 4.34. The van der Waals surface area contributed by atoms with Crippen molar-refractivity contribution >= 4 is 44.8 Å². The van der Waals surface area contributed by atoms with E-state index in [0.29, 0.717) is 21.6 Å². The molecule has 0 radical (unpaired) electrons. The van der Waals surface area contributed by atoms with Crippen LogP contribution in [0.1, 0.15) is 39.0 Å². The van der Waals surface area contributed by atoms with E-state index in [1.807, 2.05) is 0 Å². The van der Waals surface area contributed by atoms with Gasteiger partial charge in [0.15, 0.2) is 10.4 Å². The quantitative estimate of drug-likeness (QED) is 0.298. The number of hydrogen-bond acceptors (Lipinski definition) is 6. The van der Waals surface area contributed by atoms with E-state index in [1.165, 1.54) is 18.2 Å². The van der Waals surface area contributed by atoms with Crippen molar-refractivity contribution < 1.29 is 18.9 Å². The lowest BCUT2D eigenvalue weighted by Crippen LogP contribution is -2.19. The molecule has 2 aromatic carbocycles. The van der Waals surface area contributed by atoms with Crippen molar-refractivity contribution in [3.05, 3.63) is 91.8 Å². The van der Waals surface area contributed by atoms with Crippen molar-refractivity contribution in [3.8, 4) is 0 Å². The van der Waals surface area contributed by atoms with E-state index in [1.54, 1.807) is 50.2 Å². The predicted octanol–water partition coefficient (Wildman–Crippen LogP) is 4.67. The number of anilines is 1. The second-order valence-electron chi connectivity index (χ2n) is 6.53. The second kappa shape index (κ2) is 9.35. The van der Waals surface area contributed by atoms with Gasteiger partial charge in [-0.15, -0.1) is 0 Å². The van der Waals surface area contributed by atoms with Crippen LogP contribution >= 0.6 is 15.9 Å². The molecule has 0 aliphatic rings. The van der Waals surface area contributed by atoms with E-state index < -0.39 is 10.8 Å². The molecule has 1 aromatic heterocycles. The highest BCUT2D eigenvalue weighted by atomic mass is 79.9. The standard InChI is InChI=1S/C21H17BrN4O5/c1-12-11-15(5-8-17(12)26(29)30)20(27)25-24-13(2)14-3-6-16(7-4-14)23-21(28)18-9-10-19(22)31-18/h3-11H,1-2H3,(H,23,28)(H,25,27)/b24-13+. The average molecular weight is 485 g/mol. The van der Waals surface area contributed by atoms with Crippen LogP contribution < -0.4 is 10.7 Å². The average Bonchev–Trinajstić information content (AvgIpc) is 3.18. The van der Waals surface area contributed by atoms with E-state index in [9.17, 15) is 19.7 Å². The van der Waals surface area contributed by atoms with E-state index in [0.717, 1.165) is 5.56 Å². The molecular weight excluding hydrogens is 468 g/mol. The van der Waals surface area contributed by atoms with Crippen LogP contribution in [0.5, 0.6) is 0 Å². The Morgan fingerprint density at radius 3 is 2.29 bits per heavy atom. The molecule has 3 rings (SSSR count). The minimum Gasteiger partial charge on any atom is -0.444 e. The van der Waals surface area contributed by atoms with Gasteiger partial charge in [0.2, 0.25) is 0 Å². The van der Waals surface area contributed by atoms with Gasteiger partial charge < -0.3 is 9.73 Å². The van der Waals surface area contributed by atoms with E-state index in [2.05, 4.69) is 31.8 Å². The summed E-state index contributed by atoms with van der Waals surface area (Å²) in [5, 5.41) is 17.7. The van der Waals surface area contributed by atoms with Crippen LogP contribution in [0.3, 0.4) is 0 Å². The second-order valence-corrected chi connectivity index (χ2v) is 7.31. The molecule has 0 aliphatic carbocycles. The molecule has 9 nitrogen and oxygen atoms in total. The summed E-state index contributed by atoms with van der Waals surface area (Å²) in [6, 6.07) is 14.2. The molecule has 10 heteroatoms. The molecule has 0 atom stereocenters. The Balaban J connectivity index is 1.63. The number of nitro benzene ring substituents is 1. The normalized spacial score (nSPS) is 11.1. The van der Waals surface area contributed by atoms with Crippen LogP contribution in [0.4, 0.5) is 11.4 Å². The Morgan fingerprint density at radius 2 is 1.71 bits per heavy atom. The molecule has 0 spiro atoms. The lowest BCUT2D eigenvalue weighted by atomic mass is 10.1. The number of nitrogens with one attached hydrogen (secondary N) is 2. The number of benzene rings is 2. The maximum atomic E-state index is 12.3. The molecule has 3 aromatic rings. The SMILES string of the molecule is C/C(=N\NC(=O)c1ccc([N+](=O)[O-])c(C)c1)c1ccc(NC(=O)c2ccc(Br)o2)cc1. The molecule has 2 N–H and O–H groups in total. The Kier molecular flexibility index (Phi) is 6.61. The van der Waals surface area contributed by atoms with Crippen LogP contribution in [0.2, 0.25) is 0 Å². The highest BCUT2D eigenvalue weighted by Gasteiger charge is 2.14. The number of nitrogens with zero attached hydrogens (tertiary/aromatic N) is 2.